The van der Waals surface area contributed by atoms with Gasteiger partial charge < -0.3 is 16.0 Å². The molecule has 1 unspecified atom stereocenters. The van der Waals surface area contributed by atoms with E-state index < -0.39 is 6.04 Å². The zero-order chi connectivity index (χ0) is 14.0. The Morgan fingerprint density at radius 1 is 1.47 bits per heavy atom. The van der Waals surface area contributed by atoms with Crippen molar-refractivity contribution in [2.24, 2.45) is 5.73 Å². The van der Waals surface area contributed by atoms with Gasteiger partial charge in [-0.1, -0.05) is 12.1 Å². The van der Waals surface area contributed by atoms with Crippen molar-refractivity contribution in [3.8, 4) is 0 Å². The second kappa shape index (κ2) is 5.17. The highest BCUT2D eigenvalue weighted by Crippen LogP contribution is 2.32. The van der Waals surface area contributed by atoms with E-state index in [-0.39, 0.29) is 23.8 Å². The van der Waals surface area contributed by atoms with Crippen LogP contribution >= 0.6 is 0 Å². The van der Waals surface area contributed by atoms with Gasteiger partial charge in [0.05, 0.1) is 5.69 Å². The maximum absolute atomic E-state index is 14.1. The molecule has 1 atom stereocenters. The van der Waals surface area contributed by atoms with Crippen molar-refractivity contribution in [1.82, 2.24) is 5.32 Å². The van der Waals surface area contributed by atoms with E-state index in [1.54, 1.807) is 18.2 Å². The quantitative estimate of drug-likeness (QED) is 0.846. The molecular weight excluding hydrogens is 245 g/mol. The summed E-state index contributed by atoms with van der Waals surface area (Å²) in [5, 5.41) is 2.84. The highest BCUT2D eigenvalue weighted by Gasteiger charge is 2.39. The fraction of sp³-hybridized carbons (Fsp3) is 0.500. The number of halogens is 1. The predicted molar refractivity (Wildman–Crippen MR) is 73.4 cm³/mol. The molecule has 0 spiro atoms. The second-order valence-corrected chi connectivity index (χ2v) is 5.43. The molecule has 5 heteroatoms. The summed E-state index contributed by atoms with van der Waals surface area (Å²) in [6.07, 6.45) is 0.740. The van der Waals surface area contributed by atoms with E-state index in [0.29, 0.717) is 12.2 Å². The molecule has 0 aromatic heterocycles. The first kappa shape index (κ1) is 13.8. The third-order valence-electron chi connectivity index (χ3n) is 3.64. The molecule has 1 heterocycles. The number of anilines is 1. The zero-order valence-electron chi connectivity index (χ0n) is 11.3. The van der Waals surface area contributed by atoms with E-state index in [1.807, 2.05) is 18.7 Å². The standard InChI is InChI=1S/C14H20FN3O/c1-14(2)7-8-17-13(19)12(9-16)18(14)11-6-4-3-5-10(11)15/h3-6,12H,7-9,16H2,1-2H3,(H,17,19). The molecule has 1 fully saturated rings. The molecule has 0 radical (unpaired) electrons. The largest absolute Gasteiger partial charge is 0.354 e. The number of rotatable bonds is 2. The highest BCUT2D eigenvalue weighted by atomic mass is 19.1. The minimum absolute atomic E-state index is 0.142. The number of para-hydroxylation sites is 1. The molecule has 2 rings (SSSR count). The summed E-state index contributed by atoms with van der Waals surface area (Å²) in [5.74, 6) is -0.472. The van der Waals surface area contributed by atoms with Crippen LogP contribution in [0.3, 0.4) is 0 Å². The van der Waals surface area contributed by atoms with Gasteiger partial charge in [-0.2, -0.15) is 0 Å². The molecular formula is C14H20FN3O. The minimum Gasteiger partial charge on any atom is -0.354 e. The summed E-state index contributed by atoms with van der Waals surface area (Å²) in [4.78, 5) is 13.9. The molecule has 0 aliphatic carbocycles. The van der Waals surface area contributed by atoms with Crippen LogP contribution in [0, 0.1) is 5.82 Å². The SMILES string of the molecule is CC1(C)CCNC(=O)C(CN)N1c1ccccc1F. The first-order valence-electron chi connectivity index (χ1n) is 6.49. The van der Waals surface area contributed by atoms with Crippen LogP contribution in [0.1, 0.15) is 20.3 Å². The maximum atomic E-state index is 14.1. The van der Waals surface area contributed by atoms with Crippen molar-refractivity contribution in [3.05, 3.63) is 30.1 Å². The number of carbonyl (C=O) groups excluding carboxylic acids is 1. The third kappa shape index (κ3) is 2.56. The van der Waals surface area contributed by atoms with Crippen LogP contribution < -0.4 is 16.0 Å². The van der Waals surface area contributed by atoms with E-state index in [4.69, 9.17) is 5.73 Å². The minimum atomic E-state index is -0.547. The average Bonchev–Trinajstić information content (AvgIpc) is 2.46. The van der Waals surface area contributed by atoms with E-state index in [0.717, 1.165) is 6.42 Å². The molecule has 0 saturated carbocycles. The second-order valence-electron chi connectivity index (χ2n) is 5.43. The van der Waals surface area contributed by atoms with Crippen molar-refractivity contribution in [2.45, 2.75) is 31.8 Å². The summed E-state index contributed by atoms with van der Waals surface area (Å²) in [6, 6.07) is 5.96. The van der Waals surface area contributed by atoms with Gasteiger partial charge in [0.2, 0.25) is 5.91 Å². The maximum Gasteiger partial charge on any atom is 0.244 e. The van der Waals surface area contributed by atoms with Gasteiger partial charge in [-0.3, -0.25) is 4.79 Å². The molecule has 1 aromatic rings. The lowest BCUT2D eigenvalue weighted by molar-refractivity contribution is -0.121. The fourth-order valence-electron chi connectivity index (χ4n) is 2.62. The van der Waals surface area contributed by atoms with Crippen LogP contribution in [0.5, 0.6) is 0 Å². The van der Waals surface area contributed by atoms with Crippen molar-refractivity contribution < 1.29 is 9.18 Å². The lowest BCUT2D eigenvalue weighted by Crippen LogP contribution is -2.56. The number of amides is 1. The van der Waals surface area contributed by atoms with Gasteiger partial charge in [-0.25, -0.2) is 4.39 Å². The Balaban J connectivity index is 2.52. The summed E-state index contributed by atoms with van der Waals surface area (Å²) in [5.41, 5.74) is 5.83. The lowest BCUT2D eigenvalue weighted by atomic mass is 9.95. The first-order valence-corrected chi connectivity index (χ1v) is 6.49. The topological polar surface area (TPSA) is 58.4 Å². The number of nitrogens with zero attached hydrogens (tertiary/aromatic N) is 1. The van der Waals surface area contributed by atoms with Gasteiger partial charge in [0, 0.05) is 18.6 Å². The fourth-order valence-corrected chi connectivity index (χ4v) is 2.62. The van der Waals surface area contributed by atoms with Gasteiger partial charge in [-0.05, 0) is 32.4 Å². The molecule has 1 aromatic carbocycles. The number of nitrogens with one attached hydrogen (secondary N) is 1. The Bertz CT molecular complexity index is 476. The summed E-state index contributed by atoms with van der Waals surface area (Å²) >= 11 is 0. The monoisotopic (exact) mass is 265 g/mol. The first-order chi connectivity index (χ1) is 8.97. The third-order valence-corrected chi connectivity index (χ3v) is 3.64. The lowest BCUT2D eigenvalue weighted by Gasteiger charge is -2.42. The Hall–Kier alpha value is -1.62. The van der Waals surface area contributed by atoms with Crippen LogP contribution in [0.4, 0.5) is 10.1 Å². The smallest absolute Gasteiger partial charge is 0.244 e. The normalized spacial score (nSPS) is 22.8. The van der Waals surface area contributed by atoms with Crippen molar-refractivity contribution in [3.63, 3.8) is 0 Å². The van der Waals surface area contributed by atoms with E-state index in [9.17, 15) is 9.18 Å². The van der Waals surface area contributed by atoms with Crippen molar-refractivity contribution in [2.75, 3.05) is 18.0 Å². The van der Waals surface area contributed by atoms with Crippen molar-refractivity contribution in [1.29, 1.82) is 0 Å². The van der Waals surface area contributed by atoms with Crippen molar-refractivity contribution >= 4 is 11.6 Å². The van der Waals surface area contributed by atoms with Crippen LogP contribution in [-0.4, -0.2) is 30.6 Å². The number of hydrogen-bond donors (Lipinski definition) is 2. The molecule has 19 heavy (non-hydrogen) atoms. The number of benzene rings is 1. The van der Waals surface area contributed by atoms with Gasteiger partial charge in [0.15, 0.2) is 0 Å². The van der Waals surface area contributed by atoms with Gasteiger partial charge in [0.25, 0.3) is 0 Å². The Kier molecular flexibility index (Phi) is 3.75. The Morgan fingerprint density at radius 3 is 2.79 bits per heavy atom. The molecule has 3 N–H and O–H groups in total. The number of nitrogens with two attached hydrogens (primary N) is 1. The number of hydrogen-bond acceptors (Lipinski definition) is 3. The molecule has 1 aliphatic heterocycles. The van der Waals surface area contributed by atoms with E-state index in [2.05, 4.69) is 5.32 Å². The summed E-state index contributed by atoms with van der Waals surface area (Å²) in [6.45, 7) is 4.74. The molecule has 1 amide bonds. The van der Waals surface area contributed by atoms with Gasteiger partial charge >= 0.3 is 0 Å². The Labute approximate surface area is 112 Å². The molecule has 104 valence electrons. The zero-order valence-corrected chi connectivity index (χ0v) is 11.3. The summed E-state index contributed by atoms with van der Waals surface area (Å²) < 4.78 is 14.1. The molecule has 1 aliphatic rings. The van der Waals surface area contributed by atoms with Crippen LogP contribution in [-0.2, 0) is 4.79 Å². The van der Waals surface area contributed by atoms with Gasteiger partial charge in [0.1, 0.15) is 11.9 Å². The van der Waals surface area contributed by atoms with Crippen LogP contribution in [0.2, 0.25) is 0 Å². The van der Waals surface area contributed by atoms with Crippen LogP contribution in [0.25, 0.3) is 0 Å². The molecule has 1 saturated heterocycles. The summed E-state index contributed by atoms with van der Waals surface area (Å²) in [7, 11) is 0. The molecule has 0 bridgehead atoms. The Morgan fingerprint density at radius 2 is 2.16 bits per heavy atom. The molecule has 4 nitrogen and oxygen atoms in total. The van der Waals surface area contributed by atoms with E-state index >= 15 is 0 Å². The predicted octanol–water partition coefficient (Wildman–Crippen LogP) is 1.26. The van der Waals surface area contributed by atoms with Gasteiger partial charge in [-0.15, -0.1) is 0 Å². The van der Waals surface area contributed by atoms with E-state index in [1.165, 1.54) is 6.07 Å². The average molecular weight is 265 g/mol. The highest BCUT2D eigenvalue weighted by molar-refractivity contribution is 5.86. The number of carbonyl (C=O) groups is 1. The van der Waals surface area contributed by atoms with Crippen LogP contribution in [0.15, 0.2) is 24.3 Å².